The Morgan fingerprint density at radius 1 is 1.27 bits per heavy atom. The van der Waals surface area contributed by atoms with Crippen molar-refractivity contribution in [2.45, 2.75) is 20.4 Å². The third-order valence-corrected chi connectivity index (χ3v) is 5.98. The molecule has 0 saturated carbocycles. The van der Waals surface area contributed by atoms with Gasteiger partial charge in [-0.3, -0.25) is 9.46 Å². The second kappa shape index (κ2) is 9.95. The van der Waals surface area contributed by atoms with Crippen LogP contribution in [0.15, 0.2) is 12.7 Å². The summed E-state index contributed by atoms with van der Waals surface area (Å²) in [5.74, 6) is 0. The molecule has 26 heavy (non-hydrogen) atoms. The van der Waals surface area contributed by atoms with Gasteiger partial charge < -0.3 is 13.6 Å². The Labute approximate surface area is 157 Å². The molecule has 0 N–H and O–H groups in total. The van der Waals surface area contributed by atoms with E-state index in [4.69, 9.17) is 25.9 Å². The van der Waals surface area contributed by atoms with E-state index in [-0.39, 0.29) is 12.7 Å². The summed E-state index contributed by atoms with van der Waals surface area (Å²) in [7, 11) is -3.13. The quantitative estimate of drug-likeness (QED) is 0.322. The average molecular weight is 401 g/mol. The number of hydrogen-bond donors (Lipinski definition) is 0. The lowest BCUT2D eigenvalue weighted by molar-refractivity contribution is 0.213. The van der Waals surface area contributed by atoms with Crippen LogP contribution in [0.4, 0.5) is 0 Å². The van der Waals surface area contributed by atoms with Crippen LogP contribution >= 0.6 is 19.2 Å². The van der Waals surface area contributed by atoms with Crippen LogP contribution in [0, 0.1) is 11.3 Å². The maximum atomic E-state index is 12.6. The van der Waals surface area contributed by atoms with Crippen molar-refractivity contribution in [1.29, 1.82) is 5.26 Å². The van der Waals surface area contributed by atoms with E-state index < -0.39 is 7.60 Å². The first-order chi connectivity index (χ1) is 12.5. The molecular formula is C15H22ClN6O3P. The largest absolute Gasteiger partial charge is 0.331 e. The van der Waals surface area contributed by atoms with Gasteiger partial charge >= 0.3 is 7.60 Å². The molecule has 2 heterocycles. The molecule has 0 saturated heterocycles. The lowest BCUT2D eigenvalue weighted by Crippen LogP contribution is -2.31. The predicted octanol–water partition coefficient (Wildman–Crippen LogP) is 2.57. The number of fused-ring (bicyclic) bond motifs is 1. The minimum absolute atomic E-state index is 0.209. The van der Waals surface area contributed by atoms with Gasteiger partial charge in [-0.2, -0.15) is 5.26 Å². The van der Waals surface area contributed by atoms with Gasteiger partial charge in [-0.05, 0) is 13.8 Å². The van der Waals surface area contributed by atoms with Crippen LogP contribution < -0.4 is 0 Å². The number of imidazole rings is 1. The SMILES string of the molecule is CCOP(=O)(CCN(CC#N)CCn1cnc2c(Cl)ncnc21)OCC. The number of halogens is 1. The Morgan fingerprint density at radius 2 is 2.00 bits per heavy atom. The van der Waals surface area contributed by atoms with Gasteiger partial charge in [0, 0.05) is 19.6 Å². The summed E-state index contributed by atoms with van der Waals surface area (Å²) >= 11 is 6.00. The Balaban J connectivity index is 2.00. The molecule has 0 fully saturated rings. The van der Waals surface area contributed by atoms with Crippen molar-refractivity contribution in [3.8, 4) is 6.07 Å². The summed E-state index contributed by atoms with van der Waals surface area (Å²) in [6.45, 7) is 5.92. The van der Waals surface area contributed by atoms with Crippen molar-refractivity contribution in [3.05, 3.63) is 17.8 Å². The molecule has 0 aliphatic carbocycles. The molecule has 0 radical (unpaired) electrons. The molecule has 142 valence electrons. The van der Waals surface area contributed by atoms with Crippen LogP contribution in [0.2, 0.25) is 5.15 Å². The van der Waals surface area contributed by atoms with Crippen LogP contribution in [0.25, 0.3) is 11.2 Å². The van der Waals surface area contributed by atoms with Gasteiger partial charge in [0.1, 0.15) is 11.8 Å². The zero-order chi connectivity index (χ0) is 19.0. The van der Waals surface area contributed by atoms with E-state index in [9.17, 15) is 4.57 Å². The molecule has 0 amide bonds. The average Bonchev–Trinajstić information content (AvgIpc) is 3.02. The van der Waals surface area contributed by atoms with Gasteiger partial charge in [0.2, 0.25) is 0 Å². The zero-order valence-electron chi connectivity index (χ0n) is 14.8. The highest BCUT2D eigenvalue weighted by Crippen LogP contribution is 2.47. The standard InChI is InChI=1S/C15H22ClN6O3P/c1-3-24-26(23,25-4-2)10-9-21(6-5-17)7-8-22-12-20-13-14(16)18-11-19-15(13)22/h11-12H,3-4,6-10H2,1-2H3. The van der Waals surface area contributed by atoms with Crippen molar-refractivity contribution < 1.29 is 13.6 Å². The molecule has 0 atom stereocenters. The lowest BCUT2D eigenvalue weighted by Gasteiger charge is -2.23. The van der Waals surface area contributed by atoms with Gasteiger partial charge in [0.05, 0.1) is 38.3 Å². The molecule has 0 bridgehead atoms. The Hall–Kier alpha value is -1.56. The van der Waals surface area contributed by atoms with Crippen molar-refractivity contribution in [1.82, 2.24) is 24.4 Å². The molecule has 0 aliphatic rings. The fourth-order valence-corrected chi connectivity index (χ4v) is 4.28. The molecule has 2 rings (SSSR count). The van der Waals surface area contributed by atoms with Gasteiger partial charge in [-0.25, -0.2) is 15.0 Å². The van der Waals surface area contributed by atoms with Crippen molar-refractivity contribution in [2.75, 3.05) is 39.0 Å². The van der Waals surface area contributed by atoms with Gasteiger partial charge in [0.25, 0.3) is 0 Å². The maximum Gasteiger partial charge on any atom is 0.331 e. The van der Waals surface area contributed by atoms with Crippen LogP contribution in [-0.4, -0.2) is 63.4 Å². The number of hydrogen-bond acceptors (Lipinski definition) is 8. The highest BCUT2D eigenvalue weighted by Gasteiger charge is 2.24. The van der Waals surface area contributed by atoms with Gasteiger partial charge in [-0.1, -0.05) is 11.6 Å². The maximum absolute atomic E-state index is 12.6. The van der Waals surface area contributed by atoms with E-state index in [0.717, 1.165) is 0 Å². The third kappa shape index (κ3) is 5.47. The van der Waals surface area contributed by atoms with Crippen molar-refractivity contribution in [2.24, 2.45) is 0 Å². The minimum Gasteiger partial charge on any atom is -0.314 e. The van der Waals surface area contributed by atoms with Crippen LogP contribution in [-0.2, 0) is 20.2 Å². The lowest BCUT2D eigenvalue weighted by atomic mass is 10.4. The smallest absolute Gasteiger partial charge is 0.314 e. The summed E-state index contributed by atoms with van der Waals surface area (Å²) < 4.78 is 25.0. The molecular weight excluding hydrogens is 379 g/mol. The summed E-state index contributed by atoms with van der Waals surface area (Å²) in [4.78, 5) is 14.2. The molecule has 2 aromatic rings. The Kier molecular flexibility index (Phi) is 7.94. The first kappa shape index (κ1) is 20.7. The van der Waals surface area contributed by atoms with E-state index >= 15 is 0 Å². The van der Waals surface area contributed by atoms with E-state index in [1.54, 1.807) is 20.2 Å². The van der Waals surface area contributed by atoms with E-state index in [1.807, 2.05) is 9.47 Å². The monoisotopic (exact) mass is 400 g/mol. The van der Waals surface area contributed by atoms with Gasteiger partial charge in [-0.15, -0.1) is 0 Å². The minimum atomic E-state index is -3.13. The molecule has 11 heteroatoms. The number of nitriles is 1. The summed E-state index contributed by atoms with van der Waals surface area (Å²) in [5.41, 5.74) is 1.18. The fourth-order valence-electron chi connectivity index (χ4n) is 2.46. The fraction of sp³-hybridized carbons (Fsp3) is 0.600. The highest BCUT2D eigenvalue weighted by molar-refractivity contribution is 7.53. The third-order valence-electron chi connectivity index (χ3n) is 3.65. The second-order valence-corrected chi connectivity index (χ2v) is 7.92. The number of nitrogens with zero attached hydrogens (tertiary/aromatic N) is 6. The first-order valence-electron chi connectivity index (χ1n) is 8.31. The van der Waals surface area contributed by atoms with Crippen LogP contribution in [0.1, 0.15) is 13.8 Å². The van der Waals surface area contributed by atoms with Crippen LogP contribution in [0.3, 0.4) is 0 Å². The molecule has 0 unspecified atom stereocenters. The van der Waals surface area contributed by atoms with Crippen LogP contribution in [0.5, 0.6) is 0 Å². The normalized spacial score (nSPS) is 12.0. The molecule has 2 aromatic heterocycles. The number of aromatic nitrogens is 4. The second-order valence-electron chi connectivity index (χ2n) is 5.38. The Bertz CT molecular complexity index is 798. The summed E-state index contributed by atoms with van der Waals surface area (Å²) in [5, 5.41) is 9.36. The Morgan fingerprint density at radius 3 is 2.65 bits per heavy atom. The molecule has 0 aromatic carbocycles. The topological polar surface area (TPSA) is 106 Å². The van der Waals surface area contributed by atoms with Gasteiger partial charge in [0.15, 0.2) is 10.8 Å². The van der Waals surface area contributed by atoms with E-state index in [2.05, 4.69) is 21.0 Å². The molecule has 0 aliphatic heterocycles. The predicted molar refractivity (Wildman–Crippen MR) is 98.1 cm³/mol. The van der Waals surface area contributed by atoms with E-state index in [0.29, 0.717) is 49.2 Å². The highest BCUT2D eigenvalue weighted by atomic mass is 35.5. The molecule has 9 nitrogen and oxygen atoms in total. The molecule has 0 spiro atoms. The summed E-state index contributed by atoms with van der Waals surface area (Å²) in [6.07, 6.45) is 3.26. The van der Waals surface area contributed by atoms with Crippen molar-refractivity contribution >= 4 is 30.4 Å². The first-order valence-corrected chi connectivity index (χ1v) is 10.4. The van der Waals surface area contributed by atoms with Crippen molar-refractivity contribution in [3.63, 3.8) is 0 Å². The number of rotatable bonds is 11. The van der Waals surface area contributed by atoms with E-state index in [1.165, 1.54) is 6.33 Å². The zero-order valence-corrected chi connectivity index (χ0v) is 16.5. The summed E-state index contributed by atoms with van der Waals surface area (Å²) in [6, 6.07) is 2.13.